The van der Waals surface area contributed by atoms with Crippen molar-refractivity contribution in [2.45, 2.75) is 6.92 Å². The van der Waals surface area contributed by atoms with Crippen molar-refractivity contribution in [3.63, 3.8) is 0 Å². The molecule has 0 saturated heterocycles. The molecule has 0 aromatic heterocycles. The highest BCUT2D eigenvalue weighted by Crippen LogP contribution is 2.20. The molecule has 0 spiro atoms. The number of nitrogens with zero attached hydrogens (tertiary/aromatic N) is 1. The summed E-state index contributed by atoms with van der Waals surface area (Å²) in [6.45, 7) is 3.67. The Labute approximate surface area is 112 Å². The van der Waals surface area contributed by atoms with Gasteiger partial charge in [0.1, 0.15) is 5.82 Å². The molecule has 0 saturated carbocycles. The van der Waals surface area contributed by atoms with E-state index in [0.29, 0.717) is 31.0 Å². The number of hydrogen-bond donors (Lipinski definition) is 1. The summed E-state index contributed by atoms with van der Waals surface area (Å²) < 4.78 is 19.1. The van der Waals surface area contributed by atoms with Crippen molar-refractivity contribution in [3.05, 3.63) is 35.7 Å². The van der Waals surface area contributed by atoms with E-state index in [1.54, 1.807) is 24.1 Å². The molecule has 0 atom stereocenters. The van der Waals surface area contributed by atoms with Gasteiger partial charge in [-0.2, -0.15) is 0 Å². The van der Waals surface area contributed by atoms with Gasteiger partial charge in [0.05, 0.1) is 12.3 Å². The molecule has 0 amide bonds. The predicted octanol–water partition coefficient (Wildman–Crippen LogP) is 2.40. The van der Waals surface area contributed by atoms with E-state index in [2.05, 4.69) is 0 Å². The van der Waals surface area contributed by atoms with E-state index >= 15 is 0 Å². The maximum Gasteiger partial charge on any atom is 0.328 e. The van der Waals surface area contributed by atoms with Gasteiger partial charge < -0.3 is 14.7 Å². The van der Waals surface area contributed by atoms with Crippen LogP contribution < -0.4 is 4.90 Å². The highest BCUT2D eigenvalue weighted by molar-refractivity contribution is 5.85. The third-order valence-electron chi connectivity index (χ3n) is 2.58. The van der Waals surface area contributed by atoms with Gasteiger partial charge in [0.15, 0.2) is 0 Å². The molecule has 1 aromatic rings. The fraction of sp³-hybridized carbons (Fsp3) is 0.357. The molecule has 0 aliphatic rings. The largest absolute Gasteiger partial charge is 0.478 e. The molecule has 1 N–H and O–H groups in total. The van der Waals surface area contributed by atoms with Crippen LogP contribution in [0.4, 0.5) is 10.1 Å². The summed E-state index contributed by atoms with van der Waals surface area (Å²) in [6, 6.07) is 4.61. The molecule has 104 valence electrons. The third kappa shape index (κ3) is 5.09. The number of ether oxygens (including phenoxy) is 1. The van der Waals surface area contributed by atoms with Crippen LogP contribution in [0.2, 0.25) is 0 Å². The van der Waals surface area contributed by atoms with Crippen molar-refractivity contribution in [2.75, 3.05) is 31.7 Å². The zero-order valence-electron chi connectivity index (χ0n) is 11.1. The predicted molar refractivity (Wildman–Crippen MR) is 72.8 cm³/mol. The molecule has 1 aromatic carbocycles. The normalized spacial score (nSPS) is 10.9. The average Bonchev–Trinajstić information content (AvgIpc) is 2.36. The van der Waals surface area contributed by atoms with Crippen molar-refractivity contribution in [2.24, 2.45) is 0 Å². The number of likely N-dealkylation sites (N-methyl/N-ethyl adjacent to an activating group) is 1. The first-order valence-corrected chi connectivity index (χ1v) is 6.04. The fourth-order valence-electron chi connectivity index (χ4n) is 1.57. The summed E-state index contributed by atoms with van der Waals surface area (Å²) in [5, 5.41) is 8.50. The molecule has 0 radical (unpaired) electrons. The van der Waals surface area contributed by atoms with Crippen LogP contribution in [-0.2, 0) is 9.53 Å². The monoisotopic (exact) mass is 267 g/mol. The smallest absolute Gasteiger partial charge is 0.328 e. The Hall–Kier alpha value is -1.88. The first-order valence-electron chi connectivity index (χ1n) is 6.04. The maximum absolute atomic E-state index is 13.9. The lowest BCUT2D eigenvalue weighted by Crippen LogP contribution is -2.23. The van der Waals surface area contributed by atoms with Crippen LogP contribution in [0.1, 0.15) is 12.5 Å². The van der Waals surface area contributed by atoms with Crippen molar-refractivity contribution >= 4 is 17.7 Å². The van der Waals surface area contributed by atoms with Gasteiger partial charge in [0.2, 0.25) is 0 Å². The summed E-state index contributed by atoms with van der Waals surface area (Å²) in [4.78, 5) is 12.1. The highest BCUT2D eigenvalue weighted by atomic mass is 19.1. The SMILES string of the molecule is CCOCCN(C)c1ccc(/C=C/C(=O)O)cc1F. The van der Waals surface area contributed by atoms with E-state index < -0.39 is 5.97 Å². The minimum atomic E-state index is -1.06. The highest BCUT2D eigenvalue weighted by Gasteiger charge is 2.07. The third-order valence-corrected chi connectivity index (χ3v) is 2.58. The second kappa shape index (κ2) is 7.53. The van der Waals surface area contributed by atoms with E-state index in [9.17, 15) is 9.18 Å². The lowest BCUT2D eigenvalue weighted by Gasteiger charge is -2.19. The molecule has 19 heavy (non-hydrogen) atoms. The van der Waals surface area contributed by atoms with Crippen molar-refractivity contribution in [1.82, 2.24) is 0 Å². The van der Waals surface area contributed by atoms with Gasteiger partial charge in [-0.15, -0.1) is 0 Å². The number of benzene rings is 1. The van der Waals surface area contributed by atoms with Crippen LogP contribution in [0.15, 0.2) is 24.3 Å². The lowest BCUT2D eigenvalue weighted by molar-refractivity contribution is -0.131. The number of aliphatic carboxylic acids is 1. The van der Waals surface area contributed by atoms with Gasteiger partial charge in [0.25, 0.3) is 0 Å². The molecule has 0 unspecified atom stereocenters. The minimum Gasteiger partial charge on any atom is -0.478 e. The van der Waals surface area contributed by atoms with Crippen molar-refractivity contribution in [1.29, 1.82) is 0 Å². The van der Waals surface area contributed by atoms with Crippen LogP contribution in [0.5, 0.6) is 0 Å². The number of rotatable bonds is 7. The molecule has 4 nitrogen and oxygen atoms in total. The van der Waals surface area contributed by atoms with Gasteiger partial charge in [-0.05, 0) is 30.7 Å². The van der Waals surface area contributed by atoms with Crippen LogP contribution in [0.25, 0.3) is 6.08 Å². The summed E-state index contributed by atoms with van der Waals surface area (Å²) in [5.74, 6) is -1.44. The van der Waals surface area contributed by atoms with Crippen LogP contribution in [0.3, 0.4) is 0 Å². The number of hydrogen-bond acceptors (Lipinski definition) is 3. The minimum absolute atomic E-state index is 0.383. The first kappa shape index (κ1) is 15.2. The molecule has 5 heteroatoms. The van der Waals surface area contributed by atoms with Gasteiger partial charge in [0, 0.05) is 26.3 Å². The standard InChI is InChI=1S/C14H18FNO3/c1-3-19-9-8-16(2)13-6-4-11(10-12(13)15)5-7-14(17)18/h4-7,10H,3,8-9H2,1-2H3,(H,17,18)/b7-5+. The summed E-state index contributed by atoms with van der Waals surface area (Å²) in [5.41, 5.74) is 0.981. The lowest BCUT2D eigenvalue weighted by atomic mass is 10.1. The Morgan fingerprint density at radius 2 is 2.26 bits per heavy atom. The van der Waals surface area contributed by atoms with Gasteiger partial charge in [-0.1, -0.05) is 6.07 Å². The average molecular weight is 267 g/mol. The van der Waals surface area contributed by atoms with Gasteiger partial charge >= 0.3 is 5.97 Å². The molecule has 0 bridgehead atoms. The Morgan fingerprint density at radius 1 is 1.53 bits per heavy atom. The summed E-state index contributed by atoms with van der Waals surface area (Å²) in [7, 11) is 1.78. The van der Waals surface area contributed by atoms with E-state index in [-0.39, 0.29) is 5.82 Å². The Kier molecular flexibility index (Phi) is 6.02. The van der Waals surface area contributed by atoms with Crippen LogP contribution >= 0.6 is 0 Å². The second-order valence-electron chi connectivity index (χ2n) is 4.00. The molecular weight excluding hydrogens is 249 g/mol. The Morgan fingerprint density at radius 3 is 2.84 bits per heavy atom. The summed E-state index contributed by atoms with van der Waals surface area (Å²) >= 11 is 0. The molecule has 0 aliphatic heterocycles. The van der Waals surface area contributed by atoms with Gasteiger partial charge in [-0.3, -0.25) is 0 Å². The number of carbonyl (C=O) groups is 1. The summed E-state index contributed by atoms with van der Waals surface area (Å²) in [6.07, 6.45) is 2.34. The number of anilines is 1. The number of halogens is 1. The second-order valence-corrected chi connectivity index (χ2v) is 4.00. The molecular formula is C14H18FNO3. The Bertz CT molecular complexity index is 460. The number of carboxylic acids is 1. The van der Waals surface area contributed by atoms with E-state index in [1.165, 1.54) is 12.1 Å². The quantitative estimate of drug-likeness (QED) is 0.609. The van der Waals surface area contributed by atoms with Crippen LogP contribution in [-0.4, -0.2) is 37.9 Å². The zero-order chi connectivity index (χ0) is 14.3. The molecule has 0 aliphatic carbocycles. The number of carboxylic acid groups (broad SMARTS) is 1. The van der Waals surface area contributed by atoms with E-state index in [4.69, 9.17) is 9.84 Å². The fourth-order valence-corrected chi connectivity index (χ4v) is 1.57. The van der Waals surface area contributed by atoms with E-state index in [1.807, 2.05) is 6.92 Å². The first-order chi connectivity index (χ1) is 9.04. The molecule has 0 fully saturated rings. The van der Waals surface area contributed by atoms with Crippen molar-refractivity contribution < 1.29 is 19.0 Å². The van der Waals surface area contributed by atoms with E-state index in [0.717, 1.165) is 6.08 Å². The van der Waals surface area contributed by atoms with Gasteiger partial charge in [-0.25, -0.2) is 9.18 Å². The zero-order valence-corrected chi connectivity index (χ0v) is 11.1. The maximum atomic E-state index is 13.9. The molecule has 1 rings (SSSR count). The molecule has 0 heterocycles. The topological polar surface area (TPSA) is 49.8 Å². The van der Waals surface area contributed by atoms with Crippen LogP contribution in [0, 0.1) is 5.82 Å². The Balaban J connectivity index is 2.73. The van der Waals surface area contributed by atoms with Crippen molar-refractivity contribution in [3.8, 4) is 0 Å².